The van der Waals surface area contributed by atoms with Crippen molar-refractivity contribution in [3.63, 3.8) is 0 Å². The van der Waals surface area contributed by atoms with Gasteiger partial charge in [-0.2, -0.15) is 0 Å². The van der Waals surface area contributed by atoms with E-state index in [1.165, 1.54) is 0 Å². The minimum Gasteiger partial charge on any atom is -0.384 e. The normalized spacial score (nSPS) is 24.0. The summed E-state index contributed by atoms with van der Waals surface area (Å²) in [6.07, 6.45) is 1.73. The van der Waals surface area contributed by atoms with E-state index < -0.39 is 5.60 Å². The van der Waals surface area contributed by atoms with Gasteiger partial charge in [0.1, 0.15) is 5.60 Å². The van der Waals surface area contributed by atoms with E-state index in [0.717, 1.165) is 23.4 Å². The van der Waals surface area contributed by atoms with Gasteiger partial charge in [-0.05, 0) is 25.2 Å². The highest BCUT2D eigenvalue weighted by molar-refractivity contribution is 7.09. The Kier molecular flexibility index (Phi) is 1.79. The maximum atomic E-state index is 10.3. The van der Waals surface area contributed by atoms with Crippen molar-refractivity contribution < 1.29 is 5.11 Å². The molecule has 0 saturated heterocycles. The van der Waals surface area contributed by atoms with Crippen molar-refractivity contribution >= 4 is 11.3 Å². The molecule has 1 fully saturated rings. The minimum atomic E-state index is -0.575. The van der Waals surface area contributed by atoms with Gasteiger partial charge in [0.2, 0.25) is 0 Å². The van der Waals surface area contributed by atoms with Gasteiger partial charge >= 0.3 is 0 Å². The van der Waals surface area contributed by atoms with Crippen LogP contribution in [0.2, 0.25) is 0 Å². The maximum absolute atomic E-state index is 10.3. The molecule has 3 heteroatoms. The van der Waals surface area contributed by atoms with E-state index in [2.05, 4.69) is 18.8 Å². The van der Waals surface area contributed by atoms with Gasteiger partial charge in [-0.3, -0.25) is 0 Å². The van der Waals surface area contributed by atoms with Crippen LogP contribution in [0.25, 0.3) is 0 Å². The van der Waals surface area contributed by atoms with Gasteiger partial charge in [0.05, 0.1) is 16.1 Å². The predicted octanol–water partition coefficient (Wildman–Crippen LogP) is 2.46. The van der Waals surface area contributed by atoms with Gasteiger partial charge in [0.25, 0.3) is 0 Å². The van der Waals surface area contributed by atoms with E-state index in [4.69, 9.17) is 0 Å². The number of aryl methyl sites for hydroxylation is 1. The van der Waals surface area contributed by atoms with Crippen LogP contribution in [0.15, 0.2) is 5.51 Å². The van der Waals surface area contributed by atoms with Crippen LogP contribution >= 0.6 is 11.3 Å². The Hall–Kier alpha value is -0.410. The van der Waals surface area contributed by atoms with E-state index >= 15 is 0 Å². The van der Waals surface area contributed by atoms with Crippen LogP contribution in [-0.2, 0) is 5.60 Å². The van der Waals surface area contributed by atoms with Crippen molar-refractivity contribution in [1.82, 2.24) is 4.98 Å². The minimum absolute atomic E-state index is 0.297. The standard InChI is InChI=1S/C10H15NOS/c1-7-8(13-6-11-7)10(12)4-9(2,3)5-10/h6,12H,4-5H2,1-3H3. The molecule has 1 heterocycles. The Morgan fingerprint density at radius 1 is 1.46 bits per heavy atom. The highest BCUT2D eigenvalue weighted by atomic mass is 32.1. The van der Waals surface area contributed by atoms with Crippen LogP contribution in [0, 0.1) is 12.3 Å². The van der Waals surface area contributed by atoms with Crippen LogP contribution in [0.3, 0.4) is 0 Å². The predicted molar refractivity (Wildman–Crippen MR) is 53.8 cm³/mol. The summed E-state index contributed by atoms with van der Waals surface area (Å²) in [5.74, 6) is 0. The third-order valence-corrected chi connectivity index (χ3v) is 3.83. The van der Waals surface area contributed by atoms with Crippen LogP contribution in [-0.4, -0.2) is 10.1 Å². The van der Waals surface area contributed by atoms with Crippen molar-refractivity contribution in [2.45, 2.75) is 39.2 Å². The summed E-state index contributed by atoms with van der Waals surface area (Å²) in [6, 6.07) is 0. The molecule has 1 aromatic heterocycles. The number of rotatable bonds is 1. The summed E-state index contributed by atoms with van der Waals surface area (Å²) in [6.45, 7) is 6.35. The molecule has 13 heavy (non-hydrogen) atoms. The van der Waals surface area contributed by atoms with E-state index in [1.807, 2.05) is 12.4 Å². The summed E-state index contributed by atoms with van der Waals surface area (Å²) in [5, 5.41) is 10.3. The van der Waals surface area contributed by atoms with Gasteiger partial charge in [-0.15, -0.1) is 11.3 Å². The van der Waals surface area contributed by atoms with Crippen LogP contribution in [0.4, 0.5) is 0 Å². The molecule has 0 amide bonds. The first-order valence-electron chi connectivity index (χ1n) is 4.56. The lowest BCUT2D eigenvalue weighted by molar-refractivity contribution is -0.117. The van der Waals surface area contributed by atoms with Gasteiger partial charge in [0.15, 0.2) is 0 Å². The zero-order valence-electron chi connectivity index (χ0n) is 8.29. The number of aliphatic hydroxyl groups is 1. The van der Waals surface area contributed by atoms with Gasteiger partial charge < -0.3 is 5.11 Å². The highest BCUT2D eigenvalue weighted by Gasteiger charge is 2.50. The second-order valence-corrected chi connectivity index (χ2v) is 5.67. The average Bonchev–Trinajstić information content (AvgIpc) is 2.30. The third kappa shape index (κ3) is 1.40. The molecule has 1 aliphatic carbocycles. The highest BCUT2D eigenvalue weighted by Crippen LogP contribution is 2.54. The molecular weight excluding hydrogens is 182 g/mol. The summed E-state index contributed by atoms with van der Waals surface area (Å²) < 4.78 is 0. The SMILES string of the molecule is Cc1ncsc1C1(O)CC(C)(C)C1. The summed E-state index contributed by atoms with van der Waals surface area (Å²) >= 11 is 1.57. The molecule has 0 atom stereocenters. The van der Waals surface area contributed by atoms with Crippen molar-refractivity contribution in [2.24, 2.45) is 5.41 Å². The molecule has 0 spiro atoms. The Bertz CT molecular complexity index is 321. The van der Waals surface area contributed by atoms with Crippen molar-refractivity contribution in [1.29, 1.82) is 0 Å². The molecular formula is C10H15NOS. The van der Waals surface area contributed by atoms with Crippen molar-refractivity contribution in [3.05, 3.63) is 16.1 Å². The number of hydrogen-bond acceptors (Lipinski definition) is 3. The number of aromatic nitrogens is 1. The van der Waals surface area contributed by atoms with Crippen LogP contribution in [0.1, 0.15) is 37.3 Å². The molecule has 0 unspecified atom stereocenters. The smallest absolute Gasteiger partial charge is 0.102 e. The zero-order chi connectivity index (χ0) is 9.69. The fourth-order valence-corrected chi connectivity index (χ4v) is 3.34. The van der Waals surface area contributed by atoms with E-state index in [1.54, 1.807) is 11.3 Å². The summed E-state index contributed by atoms with van der Waals surface area (Å²) in [5.41, 5.74) is 2.52. The first-order valence-corrected chi connectivity index (χ1v) is 5.44. The summed E-state index contributed by atoms with van der Waals surface area (Å²) in [4.78, 5) is 5.23. The Morgan fingerprint density at radius 3 is 2.46 bits per heavy atom. The van der Waals surface area contributed by atoms with E-state index in [-0.39, 0.29) is 0 Å². The molecule has 0 aromatic carbocycles. The summed E-state index contributed by atoms with van der Waals surface area (Å²) in [7, 11) is 0. The molecule has 1 saturated carbocycles. The molecule has 1 aromatic rings. The first kappa shape index (κ1) is 9.16. The lowest BCUT2D eigenvalue weighted by Crippen LogP contribution is -2.46. The number of thiazole rings is 1. The first-order chi connectivity index (χ1) is 5.93. The topological polar surface area (TPSA) is 33.1 Å². The monoisotopic (exact) mass is 197 g/mol. The Balaban J connectivity index is 2.25. The Labute approximate surface area is 82.6 Å². The quantitative estimate of drug-likeness (QED) is 0.750. The van der Waals surface area contributed by atoms with Gasteiger partial charge in [-0.25, -0.2) is 4.98 Å². The van der Waals surface area contributed by atoms with Gasteiger partial charge in [0, 0.05) is 0 Å². The fraction of sp³-hybridized carbons (Fsp3) is 0.700. The molecule has 2 rings (SSSR count). The number of hydrogen-bond donors (Lipinski definition) is 1. The number of nitrogens with zero attached hydrogens (tertiary/aromatic N) is 1. The largest absolute Gasteiger partial charge is 0.384 e. The Morgan fingerprint density at radius 2 is 2.08 bits per heavy atom. The molecule has 1 N–H and O–H groups in total. The molecule has 1 aliphatic rings. The van der Waals surface area contributed by atoms with E-state index in [9.17, 15) is 5.11 Å². The second-order valence-electron chi connectivity index (χ2n) is 4.82. The lowest BCUT2D eigenvalue weighted by atomic mass is 9.61. The molecule has 0 aliphatic heterocycles. The molecule has 0 radical (unpaired) electrons. The molecule has 2 nitrogen and oxygen atoms in total. The van der Waals surface area contributed by atoms with E-state index in [0.29, 0.717) is 5.41 Å². The van der Waals surface area contributed by atoms with Gasteiger partial charge in [-0.1, -0.05) is 13.8 Å². The van der Waals surface area contributed by atoms with Crippen molar-refractivity contribution in [3.8, 4) is 0 Å². The fourth-order valence-electron chi connectivity index (χ4n) is 2.44. The third-order valence-electron chi connectivity index (χ3n) is 2.71. The molecule has 0 bridgehead atoms. The van der Waals surface area contributed by atoms with Crippen molar-refractivity contribution in [2.75, 3.05) is 0 Å². The van der Waals surface area contributed by atoms with Crippen LogP contribution in [0.5, 0.6) is 0 Å². The molecule has 72 valence electrons. The lowest BCUT2D eigenvalue weighted by Gasteiger charge is -2.49. The zero-order valence-corrected chi connectivity index (χ0v) is 9.11. The second kappa shape index (κ2) is 2.55. The van der Waals surface area contributed by atoms with Crippen LogP contribution < -0.4 is 0 Å². The average molecular weight is 197 g/mol. The maximum Gasteiger partial charge on any atom is 0.102 e.